The van der Waals surface area contributed by atoms with Crippen molar-refractivity contribution in [3.8, 4) is 0 Å². The van der Waals surface area contributed by atoms with Crippen LogP contribution < -0.4 is 10.9 Å². The number of carbonyl (C=O) groups is 1. The van der Waals surface area contributed by atoms with Crippen LogP contribution in [0.25, 0.3) is 11.0 Å². The van der Waals surface area contributed by atoms with Crippen LogP contribution in [0.3, 0.4) is 0 Å². The molecule has 2 heterocycles. The summed E-state index contributed by atoms with van der Waals surface area (Å²) >= 11 is 0. The number of hydrogen-bond donors (Lipinski definition) is 1. The molecule has 22 heavy (non-hydrogen) atoms. The summed E-state index contributed by atoms with van der Waals surface area (Å²) in [7, 11) is 0. The third-order valence-electron chi connectivity index (χ3n) is 3.82. The van der Waals surface area contributed by atoms with Crippen LogP contribution >= 0.6 is 0 Å². The van der Waals surface area contributed by atoms with E-state index in [4.69, 9.17) is 8.94 Å². The molecular weight excluding hydrogens is 284 g/mol. The minimum Gasteiger partial charge on any atom is -0.422 e. The lowest BCUT2D eigenvalue weighted by molar-refractivity contribution is 0.102. The molecule has 1 amide bonds. The van der Waals surface area contributed by atoms with Crippen molar-refractivity contribution in [2.75, 3.05) is 5.32 Å². The zero-order valence-electron chi connectivity index (χ0n) is 11.6. The maximum atomic E-state index is 12.3. The van der Waals surface area contributed by atoms with E-state index in [-0.39, 0.29) is 5.56 Å². The Morgan fingerprint density at radius 3 is 3.00 bits per heavy atom. The van der Waals surface area contributed by atoms with E-state index in [0.717, 1.165) is 30.5 Å². The molecule has 0 spiro atoms. The second kappa shape index (κ2) is 4.84. The number of aryl methyl sites for hydroxylation is 1. The Kier molecular flexibility index (Phi) is 2.82. The van der Waals surface area contributed by atoms with Gasteiger partial charge in [0.1, 0.15) is 11.1 Å². The van der Waals surface area contributed by atoms with E-state index >= 15 is 0 Å². The predicted octanol–water partition coefficient (Wildman–Crippen LogP) is 2.52. The van der Waals surface area contributed by atoms with Crippen molar-refractivity contribution in [2.45, 2.75) is 19.3 Å². The number of aromatic nitrogens is 1. The first-order valence-corrected chi connectivity index (χ1v) is 7.04. The number of nitrogens with zero attached hydrogens (tertiary/aromatic N) is 1. The van der Waals surface area contributed by atoms with Crippen LogP contribution in [-0.2, 0) is 12.8 Å². The fourth-order valence-electron chi connectivity index (χ4n) is 2.72. The minimum atomic E-state index is -0.674. The summed E-state index contributed by atoms with van der Waals surface area (Å²) in [6.07, 6.45) is 2.67. The zero-order valence-corrected chi connectivity index (χ0v) is 11.6. The first-order valence-electron chi connectivity index (χ1n) is 7.04. The van der Waals surface area contributed by atoms with E-state index in [2.05, 4.69) is 10.5 Å². The number of nitrogens with one attached hydrogen (secondary N) is 1. The molecule has 0 radical (unpaired) electrons. The Hall–Kier alpha value is -2.89. The molecule has 2 aromatic heterocycles. The second-order valence-corrected chi connectivity index (χ2v) is 5.23. The van der Waals surface area contributed by atoms with Gasteiger partial charge >= 0.3 is 5.63 Å². The highest BCUT2D eigenvalue weighted by molar-refractivity contribution is 6.05. The molecule has 0 fully saturated rings. The summed E-state index contributed by atoms with van der Waals surface area (Å²) in [5.41, 5.74) is 1.51. The van der Waals surface area contributed by atoms with Gasteiger partial charge in [0.15, 0.2) is 0 Å². The minimum absolute atomic E-state index is 0.0538. The van der Waals surface area contributed by atoms with Crippen LogP contribution in [-0.4, -0.2) is 11.1 Å². The van der Waals surface area contributed by atoms with Gasteiger partial charge in [-0.3, -0.25) is 10.1 Å². The number of anilines is 1. The molecule has 0 atom stereocenters. The maximum absolute atomic E-state index is 12.3. The fourth-order valence-corrected chi connectivity index (χ4v) is 2.72. The number of carbonyl (C=O) groups excluding carboxylic acids is 1. The van der Waals surface area contributed by atoms with Crippen molar-refractivity contribution in [3.63, 3.8) is 0 Å². The van der Waals surface area contributed by atoms with Gasteiger partial charge in [0.25, 0.3) is 5.91 Å². The molecule has 6 nitrogen and oxygen atoms in total. The Balaban J connectivity index is 1.70. The number of benzene rings is 1. The Bertz CT molecular complexity index is 939. The van der Waals surface area contributed by atoms with Crippen molar-refractivity contribution in [3.05, 3.63) is 57.6 Å². The Labute approximate surface area is 124 Å². The lowest BCUT2D eigenvalue weighted by atomic mass is 10.2. The van der Waals surface area contributed by atoms with Gasteiger partial charge in [-0.25, -0.2) is 4.79 Å². The molecule has 0 saturated heterocycles. The van der Waals surface area contributed by atoms with E-state index in [0.29, 0.717) is 16.9 Å². The lowest BCUT2D eigenvalue weighted by Gasteiger charge is -2.03. The first kappa shape index (κ1) is 12.8. The van der Waals surface area contributed by atoms with Crippen molar-refractivity contribution in [1.82, 2.24) is 5.16 Å². The first-order chi connectivity index (χ1) is 10.7. The smallest absolute Gasteiger partial charge is 0.349 e. The molecule has 3 aromatic rings. The molecule has 1 aliphatic rings. The summed E-state index contributed by atoms with van der Waals surface area (Å²) in [6, 6.07) is 8.56. The van der Waals surface area contributed by atoms with Crippen molar-refractivity contribution in [2.24, 2.45) is 0 Å². The highest BCUT2D eigenvalue weighted by Crippen LogP contribution is 2.28. The zero-order chi connectivity index (χ0) is 15.1. The maximum Gasteiger partial charge on any atom is 0.349 e. The van der Waals surface area contributed by atoms with Crippen LogP contribution in [0.5, 0.6) is 0 Å². The second-order valence-electron chi connectivity index (χ2n) is 5.23. The molecule has 1 aliphatic carbocycles. The van der Waals surface area contributed by atoms with Crippen LogP contribution in [0.4, 0.5) is 5.88 Å². The quantitative estimate of drug-likeness (QED) is 0.734. The van der Waals surface area contributed by atoms with Gasteiger partial charge < -0.3 is 8.94 Å². The molecule has 4 rings (SSSR count). The van der Waals surface area contributed by atoms with Crippen LogP contribution in [0, 0.1) is 0 Å². The average Bonchev–Trinajstić information content (AvgIpc) is 3.11. The number of amides is 1. The number of rotatable bonds is 2. The van der Waals surface area contributed by atoms with E-state index in [1.54, 1.807) is 18.2 Å². The van der Waals surface area contributed by atoms with E-state index < -0.39 is 11.5 Å². The highest BCUT2D eigenvalue weighted by atomic mass is 16.5. The van der Waals surface area contributed by atoms with Gasteiger partial charge in [0, 0.05) is 10.9 Å². The summed E-state index contributed by atoms with van der Waals surface area (Å²) in [6.45, 7) is 0. The topological polar surface area (TPSA) is 85.3 Å². The average molecular weight is 296 g/mol. The molecule has 110 valence electrons. The highest BCUT2D eigenvalue weighted by Gasteiger charge is 2.23. The molecule has 0 bridgehead atoms. The van der Waals surface area contributed by atoms with Crippen molar-refractivity contribution >= 4 is 22.8 Å². The molecular formula is C16H12N2O4. The predicted molar refractivity (Wildman–Crippen MR) is 79.0 cm³/mol. The van der Waals surface area contributed by atoms with Gasteiger partial charge in [-0.15, -0.1) is 0 Å². The largest absolute Gasteiger partial charge is 0.422 e. The van der Waals surface area contributed by atoms with Crippen molar-refractivity contribution in [1.29, 1.82) is 0 Å². The Morgan fingerprint density at radius 2 is 2.09 bits per heavy atom. The van der Waals surface area contributed by atoms with E-state index in [9.17, 15) is 9.59 Å². The summed E-state index contributed by atoms with van der Waals surface area (Å²) in [5, 5.41) is 7.23. The molecule has 1 aromatic carbocycles. The monoisotopic (exact) mass is 296 g/mol. The van der Waals surface area contributed by atoms with Crippen LogP contribution in [0.15, 0.2) is 44.1 Å². The van der Waals surface area contributed by atoms with Crippen LogP contribution in [0.1, 0.15) is 28.0 Å². The number of hydrogen-bond acceptors (Lipinski definition) is 5. The molecule has 1 N–H and O–H groups in total. The van der Waals surface area contributed by atoms with Gasteiger partial charge in [0.2, 0.25) is 5.88 Å². The summed E-state index contributed by atoms with van der Waals surface area (Å²) in [4.78, 5) is 24.3. The third-order valence-corrected chi connectivity index (χ3v) is 3.82. The summed E-state index contributed by atoms with van der Waals surface area (Å²) in [5.74, 6) is -0.226. The number of fused-ring (bicyclic) bond motifs is 2. The fraction of sp³-hybridized carbons (Fsp3) is 0.188. The summed E-state index contributed by atoms with van der Waals surface area (Å²) < 4.78 is 10.3. The molecule has 0 unspecified atom stereocenters. The normalized spacial score (nSPS) is 13.3. The molecule has 0 saturated carbocycles. The number of para-hydroxylation sites is 1. The Morgan fingerprint density at radius 1 is 1.23 bits per heavy atom. The SMILES string of the molecule is O=C(Nc1onc2c1CCC2)c1cc2ccccc2oc1=O. The van der Waals surface area contributed by atoms with Crippen molar-refractivity contribution < 1.29 is 13.7 Å². The van der Waals surface area contributed by atoms with Gasteiger partial charge in [0.05, 0.1) is 5.69 Å². The molecule has 6 heteroatoms. The van der Waals surface area contributed by atoms with Crippen LogP contribution in [0.2, 0.25) is 0 Å². The van der Waals surface area contributed by atoms with Gasteiger partial charge in [-0.05, 0) is 31.4 Å². The van der Waals surface area contributed by atoms with Gasteiger partial charge in [-0.2, -0.15) is 0 Å². The van der Waals surface area contributed by atoms with E-state index in [1.165, 1.54) is 6.07 Å². The van der Waals surface area contributed by atoms with E-state index in [1.807, 2.05) is 6.07 Å². The van der Waals surface area contributed by atoms with Gasteiger partial charge in [-0.1, -0.05) is 23.4 Å². The molecule has 0 aliphatic heterocycles. The standard InChI is InChI=1S/C16H12N2O4/c19-14(17-15-10-5-3-6-12(10)18-22-15)11-8-9-4-1-2-7-13(9)21-16(11)20/h1-2,4,7-8H,3,5-6H2,(H,17,19). The third kappa shape index (κ3) is 2.00. The lowest BCUT2D eigenvalue weighted by Crippen LogP contribution is -2.20.